The van der Waals surface area contributed by atoms with Crippen molar-refractivity contribution in [2.45, 2.75) is 6.54 Å². The maximum absolute atomic E-state index is 5.71. The molecule has 0 amide bonds. The molecule has 2 aromatic heterocycles. The molecule has 5 heteroatoms. The van der Waals surface area contributed by atoms with E-state index in [-0.39, 0.29) is 0 Å². The lowest BCUT2D eigenvalue weighted by atomic mass is 10.3. The highest BCUT2D eigenvalue weighted by Crippen LogP contribution is 2.17. The maximum atomic E-state index is 5.71. The molecule has 3 rings (SSSR count). The zero-order chi connectivity index (χ0) is 11.0. The first-order valence-electron chi connectivity index (χ1n) is 4.92. The molecule has 0 fully saturated rings. The smallest absolute Gasteiger partial charge is 0.112 e. The van der Waals surface area contributed by atoms with Gasteiger partial charge in [0.2, 0.25) is 0 Å². The highest BCUT2D eigenvalue weighted by molar-refractivity contribution is 7.09. The predicted molar refractivity (Wildman–Crippen MR) is 65.4 cm³/mol. The Morgan fingerprint density at radius 1 is 1.31 bits per heavy atom. The molecule has 0 aliphatic heterocycles. The van der Waals surface area contributed by atoms with Crippen LogP contribution in [0.1, 0.15) is 5.01 Å². The zero-order valence-corrected chi connectivity index (χ0v) is 9.31. The standard InChI is InChI=1S/C11H10N4S/c12-8-1-2-10-9(5-8)14-7-15(10)6-11-13-3-4-16-11/h1-5,7H,6,12H2. The van der Waals surface area contributed by atoms with Gasteiger partial charge in [-0.15, -0.1) is 11.3 Å². The SMILES string of the molecule is Nc1ccc2c(c1)ncn2Cc1nccs1. The minimum absolute atomic E-state index is 0.743. The minimum atomic E-state index is 0.743. The average Bonchev–Trinajstić information content (AvgIpc) is 2.89. The van der Waals surface area contributed by atoms with Crippen molar-refractivity contribution in [3.05, 3.63) is 41.1 Å². The summed E-state index contributed by atoms with van der Waals surface area (Å²) in [7, 11) is 0. The Balaban J connectivity index is 2.04. The zero-order valence-electron chi connectivity index (χ0n) is 8.50. The number of fused-ring (bicyclic) bond motifs is 1. The Morgan fingerprint density at radius 3 is 3.06 bits per heavy atom. The first-order chi connectivity index (χ1) is 7.83. The van der Waals surface area contributed by atoms with Gasteiger partial charge in [-0.05, 0) is 18.2 Å². The van der Waals surface area contributed by atoms with E-state index in [1.165, 1.54) is 0 Å². The van der Waals surface area contributed by atoms with Gasteiger partial charge in [0.05, 0.1) is 23.9 Å². The molecular weight excluding hydrogens is 220 g/mol. The molecular formula is C11H10N4S. The molecule has 0 spiro atoms. The van der Waals surface area contributed by atoms with Crippen molar-refractivity contribution < 1.29 is 0 Å². The molecule has 80 valence electrons. The molecule has 0 aliphatic carbocycles. The molecule has 0 atom stereocenters. The van der Waals surface area contributed by atoms with Crippen LogP contribution in [0.5, 0.6) is 0 Å². The molecule has 0 saturated heterocycles. The van der Waals surface area contributed by atoms with Crippen molar-refractivity contribution in [1.29, 1.82) is 0 Å². The Labute approximate surface area is 96.4 Å². The summed E-state index contributed by atoms with van der Waals surface area (Å²) in [6.07, 6.45) is 3.64. The number of benzene rings is 1. The van der Waals surface area contributed by atoms with E-state index in [0.717, 1.165) is 28.3 Å². The fourth-order valence-corrected chi connectivity index (χ4v) is 2.30. The second-order valence-electron chi connectivity index (χ2n) is 3.55. The van der Waals surface area contributed by atoms with Crippen LogP contribution >= 0.6 is 11.3 Å². The highest BCUT2D eigenvalue weighted by atomic mass is 32.1. The summed E-state index contributed by atoms with van der Waals surface area (Å²) in [6, 6.07) is 5.77. The van der Waals surface area contributed by atoms with Crippen LogP contribution < -0.4 is 5.73 Å². The van der Waals surface area contributed by atoms with E-state index in [0.29, 0.717) is 0 Å². The van der Waals surface area contributed by atoms with E-state index in [1.807, 2.05) is 36.1 Å². The minimum Gasteiger partial charge on any atom is -0.399 e. The van der Waals surface area contributed by atoms with E-state index >= 15 is 0 Å². The van der Waals surface area contributed by atoms with E-state index < -0.39 is 0 Å². The molecule has 2 heterocycles. The summed E-state index contributed by atoms with van der Waals surface area (Å²) in [5.74, 6) is 0. The van der Waals surface area contributed by atoms with Gasteiger partial charge in [-0.1, -0.05) is 0 Å². The highest BCUT2D eigenvalue weighted by Gasteiger charge is 2.04. The van der Waals surface area contributed by atoms with Gasteiger partial charge in [0.1, 0.15) is 5.01 Å². The first-order valence-corrected chi connectivity index (χ1v) is 5.79. The van der Waals surface area contributed by atoms with E-state index in [9.17, 15) is 0 Å². The van der Waals surface area contributed by atoms with Crippen LogP contribution in [0.15, 0.2) is 36.1 Å². The number of aromatic nitrogens is 3. The van der Waals surface area contributed by atoms with Crippen molar-refractivity contribution in [3.8, 4) is 0 Å². The second-order valence-corrected chi connectivity index (χ2v) is 4.53. The molecule has 4 nitrogen and oxygen atoms in total. The van der Waals surface area contributed by atoms with Crippen molar-refractivity contribution in [1.82, 2.24) is 14.5 Å². The largest absolute Gasteiger partial charge is 0.399 e. The normalized spacial score (nSPS) is 11.0. The summed E-state index contributed by atoms with van der Waals surface area (Å²) in [5, 5.41) is 3.06. The summed E-state index contributed by atoms with van der Waals surface area (Å²) >= 11 is 1.65. The fraction of sp³-hybridized carbons (Fsp3) is 0.0909. The van der Waals surface area contributed by atoms with Gasteiger partial charge in [0.25, 0.3) is 0 Å². The number of nitrogens with zero attached hydrogens (tertiary/aromatic N) is 3. The second kappa shape index (κ2) is 3.61. The van der Waals surface area contributed by atoms with Crippen LogP contribution in [-0.2, 0) is 6.54 Å². The molecule has 1 aromatic carbocycles. The summed E-state index contributed by atoms with van der Waals surface area (Å²) in [6.45, 7) is 0.762. The third-order valence-corrected chi connectivity index (χ3v) is 3.20. The van der Waals surface area contributed by atoms with Gasteiger partial charge >= 0.3 is 0 Å². The van der Waals surface area contributed by atoms with Crippen molar-refractivity contribution in [2.75, 3.05) is 5.73 Å². The van der Waals surface area contributed by atoms with Crippen LogP contribution in [0.2, 0.25) is 0 Å². The number of rotatable bonds is 2. The molecule has 0 radical (unpaired) electrons. The van der Waals surface area contributed by atoms with Crippen molar-refractivity contribution >= 4 is 28.1 Å². The van der Waals surface area contributed by atoms with Crippen molar-refractivity contribution in [3.63, 3.8) is 0 Å². The molecule has 3 aromatic rings. The molecule has 0 aliphatic rings. The fourth-order valence-electron chi connectivity index (χ4n) is 1.68. The number of anilines is 1. The Hall–Kier alpha value is -1.88. The van der Waals surface area contributed by atoms with Gasteiger partial charge in [0.15, 0.2) is 0 Å². The quantitative estimate of drug-likeness (QED) is 0.686. The summed E-state index contributed by atoms with van der Waals surface area (Å²) in [5.41, 5.74) is 8.47. The van der Waals surface area contributed by atoms with Crippen LogP contribution in [0, 0.1) is 0 Å². The van der Waals surface area contributed by atoms with Gasteiger partial charge < -0.3 is 10.3 Å². The van der Waals surface area contributed by atoms with Gasteiger partial charge in [-0.25, -0.2) is 9.97 Å². The number of nitrogen functional groups attached to an aromatic ring is 1. The van der Waals surface area contributed by atoms with Crippen LogP contribution in [0.4, 0.5) is 5.69 Å². The van der Waals surface area contributed by atoms with Crippen LogP contribution in [0.25, 0.3) is 11.0 Å². The van der Waals surface area contributed by atoms with E-state index in [1.54, 1.807) is 11.3 Å². The predicted octanol–water partition coefficient (Wildman–Crippen LogP) is 2.12. The van der Waals surface area contributed by atoms with Crippen LogP contribution in [0.3, 0.4) is 0 Å². The monoisotopic (exact) mass is 230 g/mol. The summed E-state index contributed by atoms with van der Waals surface area (Å²) in [4.78, 5) is 8.58. The van der Waals surface area contributed by atoms with Gasteiger partial charge in [0, 0.05) is 17.3 Å². The average molecular weight is 230 g/mol. The van der Waals surface area contributed by atoms with E-state index in [2.05, 4.69) is 14.5 Å². The first kappa shape index (κ1) is 9.35. The Kier molecular flexibility index (Phi) is 2.11. The topological polar surface area (TPSA) is 56.7 Å². The lowest BCUT2D eigenvalue weighted by molar-refractivity contribution is 0.816. The lowest BCUT2D eigenvalue weighted by Crippen LogP contribution is -1.97. The molecule has 2 N–H and O–H groups in total. The third kappa shape index (κ3) is 1.55. The third-order valence-electron chi connectivity index (χ3n) is 2.43. The molecule has 0 bridgehead atoms. The molecule has 16 heavy (non-hydrogen) atoms. The summed E-state index contributed by atoms with van der Waals surface area (Å²) < 4.78 is 2.08. The number of hydrogen-bond acceptors (Lipinski definition) is 4. The number of imidazole rings is 1. The number of nitrogens with two attached hydrogens (primary N) is 1. The van der Waals surface area contributed by atoms with Gasteiger partial charge in [-0.3, -0.25) is 0 Å². The maximum Gasteiger partial charge on any atom is 0.112 e. The Morgan fingerprint density at radius 2 is 2.25 bits per heavy atom. The lowest BCUT2D eigenvalue weighted by Gasteiger charge is -2.01. The molecule has 0 saturated carbocycles. The number of thiazole rings is 1. The van der Waals surface area contributed by atoms with E-state index in [4.69, 9.17) is 5.73 Å². The number of hydrogen-bond donors (Lipinski definition) is 1. The van der Waals surface area contributed by atoms with Crippen molar-refractivity contribution in [2.24, 2.45) is 0 Å². The van der Waals surface area contributed by atoms with Gasteiger partial charge in [-0.2, -0.15) is 0 Å². The Bertz CT molecular complexity index is 612. The van der Waals surface area contributed by atoms with Crippen LogP contribution in [-0.4, -0.2) is 14.5 Å². The molecule has 0 unspecified atom stereocenters.